The van der Waals surface area contributed by atoms with E-state index in [1.165, 1.54) is 31.2 Å². The number of amides is 1. The minimum absolute atomic E-state index is 0.141. The van der Waals surface area contributed by atoms with E-state index in [9.17, 15) is 18.0 Å². The number of likely N-dealkylation sites (tertiary alicyclic amines) is 1. The summed E-state index contributed by atoms with van der Waals surface area (Å²) in [6.45, 7) is 4.71. The molecule has 7 nitrogen and oxygen atoms in total. The lowest BCUT2D eigenvalue weighted by molar-refractivity contribution is -0.141. The maximum absolute atomic E-state index is 13.5. The third-order valence-corrected chi connectivity index (χ3v) is 7.30. The van der Waals surface area contributed by atoms with Gasteiger partial charge in [-0.25, -0.2) is 4.68 Å². The Morgan fingerprint density at radius 1 is 1.03 bits per heavy atom. The number of halogens is 3. The summed E-state index contributed by atoms with van der Waals surface area (Å²) in [5.41, 5.74) is 1.61. The van der Waals surface area contributed by atoms with Crippen LogP contribution < -0.4 is 15.0 Å². The van der Waals surface area contributed by atoms with Crippen molar-refractivity contribution in [3.8, 4) is 11.4 Å². The number of carbonyl (C=O) groups excluding carboxylic acids is 1. The van der Waals surface area contributed by atoms with Gasteiger partial charge < -0.3 is 15.0 Å². The van der Waals surface area contributed by atoms with Gasteiger partial charge in [-0.15, -0.1) is 0 Å². The highest BCUT2D eigenvalue weighted by molar-refractivity contribution is 5.93. The molecule has 3 heterocycles. The summed E-state index contributed by atoms with van der Waals surface area (Å²) >= 11 is 0. The van der Waals surface area contributed by atoms with Crippen molar-refractivity contribution >= 4 is 11.6 Å². The molecule has 2 aliphatic rings. The molecule has 0 spiro atoms. The lowest BCUT2D eigenvalue weighted by atomic mass is 10.0. The summed E-state index contributed by atoms with van der Waals surface area (Å²) in [5.74, 6) is -0.0200. The van der Waals surface area contributed by atoms with Crippen LogP contribution in [0.5, 0.6) is 5.75 Å². The van der Waals surface area contributed by atoms with Crippen LogP contribution in [0, 0.1) is 0 Å². The molecule has 0 bridgehead atoms. The minimum atomic E-state index is -4.67. The van der Waals surface area contributed by atoms with Gasteiger partial charge in [-0.2, -0.15) is 18.3 Å². The van der Waals surface area contributed by atoms with Crippen molar-refractivity contribution in [3.63, 3.8) is 0 Å². The number of piperidine rings is 1. The number of carbonyl (C=O) groups is 1. The van der Waals surface area contributed by atoms with E-state index >= 15 is 0 Å². The second-order valence-electron chi connectivity index (χ2n) is 9.87. The molecule has 2 aliphatic heterocycles. The second-order valence-corrected chi connectivity index (χ2v) is 9.87. The maximum atomic E-state index is 13.5. The van der Waals surface area contributed by atoms with Crippen LogP contribution in [0.25, 0.3) is 5.69 Å². The quantitative estimate of drug-likeness (QED) is 0.474. The Hall–Kier alpha value is -3.53. The molecular formula is C28H32F3N5O2. The summed E-state index contributed by atoms with van der Waals surface area (Å²) < 4.78 is 46.6. The van der Waals surface area contributed by atoms with Gasteiger partial charge in [0.25, 0.3) is 5.91 Å². The highest BCUT2D eigenvalue weighted by Crippen LogP contribution is 2.30. The van der Waals surface area contributed by atoms with Crippen molar-refractivity contribution in [2.75, 3.05) is 38.2 Å². The molecule has 1 amide bonds. The fourth-order valence-electron chi connectivity index (χ4n) is 5.26. The Morgan fingerprint density at radius 2 is 1.71 bits per heavy atom. The molecule has 38 heavy (non-hydrogen) atoms. The van der Waals surface area contributed by atoms with Crippen LogP contribution in [0.2, 0.25) is 0 Å². The van der Waals surface area contributed by atoms with Crippen LogP contribution >= 0.6 is 0 Å². The number of ether oxygens (including phenoxy) is 1. The molecule has 0 aliphatic carbocycles. The van der Waals surface area contributed by atoms with Crippen molar-refractivity contribution in [1.29, 1.82) is 0 Å². The maximum Gasteiger partial charge on any atom is 0.435 e. The fraction of sp³-hybridized carbons (Fsp3) is 0.429. The van der Waals surface area contributed by atoms with E-state index in [0.717, 1.165) is 43.5 Å². The van der Waals surface area contributed by atoms with Crippen molar-refractivity contribution < 1.29 is 22.7 Å². The summed E-state index contributed by atoms with van der Waals surface area (Å²) in [7, 11) is 1.50. The highest BCUT2D eigenvalue weighted by Gasteiger charge is 2.36. The third kappa shape index (κ3) is 5.80. The predicted octanol–water partition coefficient (Wildman–Crippen LogP) is 4.89. The van der Waals surface area contributed by atoms with E-state index in [1.54, 1.807) is 24.3 Å². The number of hydrogen-bond donors (Lipinski definition) is 1. The van der Waals surface area contributed by atoms with Crippen molar-refractivity contribution in [2.45, 2.75) is 44.4 Å². The van der Waals surface area contributed by atoms with Gasteiger partial charge in [0.15, 0.2) is 5.69 Å². The van der Waals surface area contributed by atoms with Gasteiger partial charge in [-0.05, 0) is 74.7 Å². The van der Waals surface area contributed by atoms with Crippen LogP contribution in [0.3, 0.4) is 0 Å². The number of alkyl halides is 3. The zero-order valence-corrected chi connectivity index (χ0v) is 21.4. The minimum Gasteiger partial charge on any atom is -0.497 e. The van der Waals surface area contributed by atoms with E-state index in [4.69, 9.17) is 4.74 Å². The smallest absolute Gasteiger partial charge is 0.435 e. The molecular weight excluding hydrogens is 495 g/mol. The Morgan fingerprint density at radius 3 is 2.37 bits per heavy atom. The number of methoxy groups -OCH3 is 1. The number of anilines is 1. The van der Waals surface area contributed by atoms with Gasteiger partial charge in [0.05, 0.1) is 12.8 Å². The van der Waals surface area contributed by atoms with E-state index < -0.39 is 17.8 Å². The third-order valence-electron chi connectivity index (χ3n) is 7.30. The highest BCUT2D eigenvalue weighted by atomic mass is 19.4. The number of para-hydroxylation sites is 1. The summed E-state index contributed by atoms with van der Waals surface area (Å²) in [5, 5.41) is 6.65. The van der Waals surface area contributed by atoms with Gasteiger partial charge in [-0.3, -0.25) is 9.69 Å². The molecule has 10 heteroatoms. The molecule has 202 valence electrons. The monoisotopic (exact) mass is 527 g/mol. The molecule has 0 radical (unpaired) electrons. The van der Waals surface area contributed by atoms with Crippen LogP contribution in [-0.2, 0) is 12.7 Å². The normalized spacial score (nSPS) is 17.1. The lowest BCUT2D eigenvalue weighted by Gasteiger charge is -2.35. The molecule has 0 unspecified atom stereocenters. The fourth-order valence-corrected chi connectivity index (χ4v) is 5.26. The largest absolute Gasteiger partial charge is 0.497 e. The van der Waals surface area contributed by atoms with Gasteiger partial charge in [0.1, 0.15) is 11.4 Å². The standard InChI is InChI=1S/C28H32F3N5O2/c1-38-23-10-8-22(9-11-23)36-25(18-26(33-36)28(29,30)31)27(37)32-21-12-16-35(17-13-21)24-7-3-2-6-20(24)19-34-14-4-5-15-34/h2-3,6-11,18,21H,4-5,12-17,19H2,1H3,(H,32,37). The first-order valence-electron chi connectivity index (χ1n) is 13.0. The number of nitrogens with one attached hydrogen (secondary N) is 1. The molecule has 1 N–H and O–H groups in total. The summed E-state index contributed by atoms with van der Waals surface area (Å²) in [4.78, 5) is 18.0. The lowest BCUT2D eigenvalue weighted by Crippen LogP contribution is -2.45. The zero-order valence-electron chi connectivity index (χ0n) is 21.4. The van der Waals surface area contributed by atoms with Gasteiger partial charge >= 0.3 is 6.18 Å². The first kappa shape index (κ1) is 26.1. The van der Waals surface area contributed by atoms with Crippen molar-refractivity contribution in [1.82, 2.24) is 20.0 Å². The van der Waals surface area contributed by atoms with Gasteiger partial charge in [-0.1, -0.05) is 18.2 Å². The van der Waals surface area contributed by atoms with Crippen LogP contribution in [-0.4, -0.2) is 59.9 Å². The molecule has 2 fully saturated rings. The zero-order chi connectivity index (χ0) is 26.7. The number of hydrogen-bond acceptors (Lipinski definition) is 5. The Balaban J connectivity index is 1.27. The predicted molar refractivity (Wildman–Crippen MR) is 139 cm³/mol. The van der Waals surface area contributed by atoms with Crippen LogP contribution in [0.15, 0.2) is 54.6 Å². The molecule has 5 rings (SSSR count). The Bertz CT molecular complexity index is 1240. The Kier molecular flexibility index (Phi) is 7.60. The van der Waals surface area contributed by atoms with E-state index in [1.807, 2.05) is 0 Å². The van der Waals surface area contributed by atoms with Crippen molar-refractivity contribution in [2.24, 2.45) is 0 Å². The SMILES string of the molecule is COc1ccc(-n2nc(C(F)(F)F)cc2C(=O)NC2CCN(c3ccccc3CN3CCCC3)CC2)cc1. The van der Waals surface area contributed by atoms with Crippen LogP contribution in [0.4, 0.5) is 18.9 Å². The van der Waals surface area contributed by atoms with E-state index in [-0.39, 0.29) is 11.7 Å². The van der Waals surface area contributed by atoms with Gasteiger partial charge in [0, 0.05) is 37.4 Å². The molecule has 0 saturated carbocycles. The number of nitrogens with zero attached hydrogens (tertiary/aromatic N) is 4. The summed E-state index contributed by atoms with van der Waals surface area (Å²) in [6, 6.07) is 15.5. The molecule has 0 atom stereocenters. The average Bonchev–Trinajstić information content (AvgIpc) is 3.60. The van der Waals surface area contributed by atoms with Crippen LogP contribution in [0.1, 0.15) is 47.4 Å². The molecule has 1 aromatic heterocycles. The number of rotatable bonds is 7. The first-order valence-corrected chi connectivity index (χ1v) is 13.0. The molecule has 2 aromatic carbocycles. The number of benzene rings is 2. The molecule has 3 aromatic rings. The number of aromatic nitrogens is 2. The second kappa shape index (κ2) is 11.1. The topological polar surface area (TPSA) is 62.6 Å². The first-order chi connectivity index (χ1) is 18.3. The molecule has 2 saturated heterocycles. The average molecular weight is 528 g/mol. The van der Waals surface area contributed by atoms with Gasteiger partial charge in [0.2, 0.25) is 0 Å². The van der Waals surface area contributed by atoms with Crippen molar-refractivity contribution in [3.05, 3.63) is 71.5 Å². The Labute approximate surface area is 220 Å². The summed E-state index contributed by atoms with van der Waals surface area (Å²) in [6.07, 6.45) is -0.774. The van der Waals surface area contributed by atoms with E-state index in [0.29, 0.717) is 24.3 Å². The van der Waals surface area contributed by atoms with E-state index in [2.05, 4.69) is 44.5 Å².